The highest BCUT2D eigenvalue weighted by Crippen LogP contribution is 2.33. The SMILES string of the molecule is Cc1csc(CO)c1S(=O)(=O)NCCCC1CC1. The van der Waals surface area contributed by atoms with Crippen LogP contribution >= 0.6 is 11.3 Å². The molecule has 1 fully saturated rings. The van der Waals surface area contributed by atoms with Crippen molar-refractivity contribution in [3.63, 3.8) is 0 Å². The number of sulfonamides is 1. The van der Waals surface area contributed by atoms with Crippen LogP contribution in [0.25, 0.3) is 0 Å². The molecule has 0 radical (unpaired) electrons. The van der Waals surface area contributed by atoms with E-state index < -0.39 is 10.0 Å². The molecule has 1 aromatic rings. The van der Waals surface area contributed by atoms with Crippen LogP contribution in [0.4, 0.5) is 0 Å². The Bertz CT molecular complexity index is 503. The maximum Gasteiger partial charge on any atom is 0.242 e. The zero-order valence-electron chi connectivity index (χ0n) is 10.5. The van der Waals surface area contributed by atoms with Crippen molar-refractivity contribution >= 4 is 21.4 Å². The van der Waals surface area contributed by atoms with Crippen LogP contribution in [-0.2, 0) is 16.6 Å². The van der Waals surface area contributed by atoms with Crippen molar-refractivity contribution < 1.29 is 13.5 Å². The molecular weight excluding hydrogens is 270 g/mol. The van der Waals surface area contributed by atoms with Crippen molar-refractivity contribution in [3.05, 3.63) is 15.8 Å². The van der Waals surface area contributed by atoms with Gasteiger partial charge in [-0.1, -0.05) is 12.8 Å². The first kappa shape index (κ1) is 14.0. The molecule has 1 aliphatic carbocycles. The van der Waals surface area contributed by atoms with E-state index in [0.29, 0.717) is 17.0 Å². The van der Waals surface area contributed by atoms with E-state index in [9.17, 15) is 8.42 Å². The maximum absolute atomic E-state index is 12.1. The predicted molar refractivity (Wildman–Crippen MR) is 72.1 cm³/mol. The number of aliphatic hydroxyl groups excluding tert-OH is 1. The quantitative estimate of drug-likeness (QED) is 0.755. The fraction of sp³-hybridized carbons (Fsp3) is 0.667. The summed E-state index contributed by atoms with van der Waals surface area (Å²) in [4.78, 5) is 0.781. The number of nitrogens with one attached hydrogen (secondary N) is 1. The lowest BCUT2D eigenvalue weighted by Gasteiger charge is -2.08. The van der Waals surface area contributed by atoms with Crippen LogP contribution in [0.15, 0.2) is 10.3 Å². The Balaban J connectivity index is 1.97. The second-order valence-corrected chi connectivity index (χ2v) is 7.48. The summed E-state index contributed by atoms with van der Waals surface area (Å²) in [6, 6.07) is 0. The lowest BCUT2D eigenvalue weighted by Crippen LogP contribution is -2.26. The van der Waals surface area contributed by atoms with E-state index in [1.165, 1.54) is 24.2 Å². The second-order valence-electron chi connectivity index (χ2n) is 4.81. The Morgan fingerprint density at radius 1 is 1.50 bits per heavy atom. The van der Waals surface area contributed by atoms with Gasteiger partial charge in [0.05, 0.1) is 11.5 Å². The third-order valence-corrected chi connectivity index (χ3v) is 6.09. The Labute approximate surface area is 112 Å². The average Bonchev–Trinajstić information content (AvgIpc) is 3.06. The lowest BCUT2D eigenvalue weighted by molar-refractivity contribution is 0.282. The molecule has 6 heteroatoms. The van der Waals surface area contributed by atoms with Crippen LogP contribution in [0.3, 0.4) is 0 Å². The second kappa shape index (κ2) is 5.69. The van der Waals surface area contributed by atoms with Gasteiger partial charge >= 0.3 is 0 Å². The molecule has 1 heterocycles. The molecule has 0 aromatic carbocycles. The molecule has 0 bridgehead atoms. The summed E-state index contributed by atoms with van der Waals surface area (Å²) in [5.41, 5.74) is 0.707. The van der Waals surface area contributed by atoms with Gasteiger partial charge in [0.2, 0.25) is 10.0 Å². The van der Waals surface area contributed by atoms with Gasteiger partial charge in [-0.25, -0.2) is 13.1 Å². The van der Waals surface area contributed by atoms with Crippen molar-refractivity contribution in [3.8, 4) is 0 Å². The Morgan fingerprint density at radius 3 is 2.83 bits per heavy atom. The van der Waals surface area contributed by atoms with Crippen molar-refractivity contribution in [2.45, 2.75) is 44.1 Å². The third kappa shape index (κ3) is 3.32. The topological polar surface area (TPSA) is 66.4 Å². The molecule has 0 atom stereocenters. The van der Waals surface area contributed by atoms with Gasteiger partial charge in [-0.2, -0.15) is 0 Å². The average molecular weight is 289 g/mol. The summed E-state index contributed by atoms with van der Waals surface area (Å²) >= 11 is 1.29. The Morgan fingerprint density at radius 2 is 2.22 bits per heavy atom. The summed E-state index contributed by atoms with van der Waals surface area (Å²) in [5, 5.41) is 10.9. The number of aryl methyl sites for hydroxylation is 1. The summed E-state index contributed by atoms with van der Waals surface area (Å²) in [6.07, 6.45) is 4.59. The van der Waals surface area contributed by atoms with E-state index in [4.69, 9.17) is 5.11 Å². The minimum Gasteiger partial charge on any atom is -0.391 e. The summed E-state index contributed by atoms with van der Waals surface area (Å²) in [5.74, 6) is 0.824. The highest BCUT2D eigenvalue weighted by molar-refractivity contribution is 7.89. The number of hydrogen-bond acceptors (Lipinski definition) is 4. The monoisotopic (exact) mass is 289 g/mol. The molecular formula is C12H19NO3S2. The third-order valence-electron chi connectivity index (χ3n) is 3.18. The van der Waals surface area contributed by atoms with E-state index in [0.717, 1.165) is 18.8 Å². The summed E-state index contributed by atoms with van der Waals surface area (Å²) in [6.45, 7) is 2.02. The van der Waals surface area contributed by atoms with Gasteiger partial charge in [0.15, 0.2) is 0 Å². The minimum absolute atomic E-state index is 0.225. The van der Waals surface area contributed by atoms with Crippen molar-refractivity contribution in [1.82, 2.24) is 4.72 Å². The van der Waals surface area contributed by atoms with Gasteiger partial charge in [0, 0.05) is 6.54 Å². The van der Waals surface area contributed by atoms with E-state index >= 15 is 0 Å². The fourth-order valence-electron chi connectivity index (χ4n) is 2.03. The van der Waals surface area contributed by atoms with Gasteiger partial charge in [-0.05, 0) is 36.6 Å². The summed E-state index contributed by atoms with van der Waals surface area (Å²) < 4.78 is 26.9. The van der Waals surface area contributed by atoms with Gasteiger partial charge in [0.25, 0.3) is 0 Å². The largest absolute Gasteiger partial charge is 0.391 e. The molecule has 0 amide bonds. The first-order valence-corrected chi connectivity index (χ1v) is 8.58. The smallest absolute Gasteiger partial charge is 0.242 e. The minimum atomic E-state index is -3.47. The lowest BCUT2D eigenvalue weighted by atomic mass is 10.2. The molecule has 1 aromatic heterocycles. The maximum atomic E-state index is 12.1. The van der Waals surface area contributed by atoms with Crippen molar-refractivity contribution in [1.29, 1.82) is 0 Å². The number of rotatable bonds is 7. The molecule has 2 N–H and O–H groups in total. The van der Waals surface area contributed by atoms with Crippen LogP contribution in [0.1, 0.15) is 36.1 Å². The van der Waals surface area contributed by atoms with Crippen molar-refractivity contribution in [2.24, 2.45) is 5.92 Å². The van der Waals surface area contributed by atoms with Crippen LogP contribution in [0.5, 0.6) is 0 Å². The van der Waals surface area contributed by atoms with Gasteiger partial charge < -0.3 is 5.11 Å². The van der Waals surface area contributed by atoms with Gasteiger partial charge in [-0.15, -0.1) is 11.3 Å². The standard InChI is InChI=1S/C12H19NO3S2/c1-9-8-17-11(7-14)12(9)18(15,16)13-6-2-3-10-4-5-10/h8,10,13-14H,2-7H2,1H3. The van der Waals surface area contributed by atoms with Crippen LogP contribution < -0.4 is 4.72 Å². The zero-order chi connectivity index (χ0) is 13.2. The van der Waals surface area contributed by atoms with Crippen LogP contribution in [0, 0.1) is 12.8 Å². The molecule has 0 aliphatic heterocycles. The molecule has 0 spiro atoms. The van der Waals surface area contributed by atoms with Gasteiger partial charge in [-0.3, -0.25) is 0 Å². The number of aliphatic hydroxyl groups is 1. The molecule has 0 unspecified atom stereocenters. The first-order valence-electron chi connectivity index (χ1n) is 6.22. The molecule has 2 rings (SSSR count). The highest BCUT2D eigenvalue weighted by Gasteiger charge is 2.23. The Hall–Kier alpha value is -0.430. The van der Waals surface area contributed by atoms with Crippen LogP contribution in [0.2, 0.25) is 0 Å². The summed E-state index contributed by atoms with van der Waals surface area (Å²) in [7, 11) is -3.47. The number of thiophene rings is 1. The molecule has 1 saturated carbocycles. The van der Waals surface area contributed by atoms with E-state index in [1.54, 1.807) is 12.3 Å². The molecule has 0 saturated heterocycles. The van der Waals surface area contributed by atoms with Crippen molar-refractivity contribution in [2.75, 3.05) is 6.54 Å². The molecule has 102 valence electrons. The van der Waals surface area contributed by atoms with Gasteiger partial charge in [0.1, 0.15) is 4.90 Å². The Kier molecular flexibility index (Phi) is 4.42. The highest BCUT2D eigenvalue weighted by atomic mass is 32.2. The first-order chi connectivity index (χ1) is 8.54. The normalized spacial score (nSPS) is 16.1. The van der Waals surface area contributed by atoms with E-state index in [1.807, 2.05) is 0 Å². The molecule has 4 nitrogen and oxygen atoms in total. The molecule has 1 aliphatic rings. The fourth-order valence-corrected chi connectivity index (χ4v) is 4.77. The van der Waals surface area contributed by atoms with Crippen LogP contribution in [-0.4, -0.2) is 20.1 Å². The predicted octanol–water partition coefficient (Wildman–Crippen LogP) is 2.02. The number of hydrogen-bond donors (Lipinski definition) is 2. The van der Waals surface area contributed by atoms with E-state index in [-0.39, 0.29) is 11.5 Å². The van der Waals surface area contributed by atoms with E-state index in [2.05, 4.69) is 4.72 Å². The zero-order valence-corrected chi connectivity index (χ0v) is 12.1. The molecule has 18 heavy (non-hydrogen) atoms.